The lowest BCUT2D eigenvalue weighted by molar-refractivity contribution is -0.118. The van der Waals surface area contributed by atoms with Crippen LogP contribution >= 0.6 is 11.3 Å². The molecule has 2 rings (SSSR count). The number of nitrogens with one attached hydrogen (secondary N) is 1. The van der Waals surface area contributed by atoms with Crippen LogP contribution in [0.5, 0.6) is 0 Å². The Bertz CT molecular complexity index is 392. The predicted molar refractivity (Wildman–Crippen MR) is 69.8 cm³/mol. The first-order valence-corrected chi connectivity index (χ1v) is 6.77. The minimum absolute atomic E-state index is 0.0333. The van der Waals surface area contributed by atoms with Crippen LogP contribution in [0.2, 0.25) is 0 Å². The molecule has 0 aliphatic heterocycles. The van der Waals surface area contributed by atoms with Crippen LogP contribution in [0.25, 0.3) is 6.08 Å². The number of thiophene rings is 1. The first-order valence-electron chi connectivity index (χ1n) is 5.89. The monoisotopic (exact) mass is 251 g/mol. The summed E-state index contributed by atoms with van der Waals surface area (Å²) in [4.78, 5) is 12.8. The largest absolute Gasteiger partial charge is 0.394 e. The Morgan fingerprint density at radius 3 is 2.88 bits per heavy atom. The Kier molecular flexibility index (Phi) is 3.97. The first kappa shape index (κ1) is 12.3. The molecule has 0 aromatic carbocycles. The highest BCUT2D eigenvalue weighted by Crippen LogP contribution is 2.29. The number of carbonyl (C=O) groups excluding carboxylic acids is 1. The molecule has 92 valence electrons. The Hall–Kier alpha value is -1.13. The smallest absolute Gasteiger partial charge is 0.244 e. The second-order valence-electron chi connectivity index (χ2n) is 4.48. The molecule has 3 nitrogen and oxygen atoms in total. The zero-order valence-electron chi connectivity index (χ0n) is 9.69. The average Bonchev–Trinajstić information content (AvgIpc) is 2.98. The molecular weight excluding hydrogens is 234 g/mol. The van der Waals surface area contributed by atoms with Crippen LogP contribution < -0.4 is 5.32 Å². The zero-order chi connectivity index (χ0) is 12.1. The lowest BCUT2D eigenvalue weighted by Crippen LogP contribution is -2.48. The molecule has 1 aliphatic carbocycles. The third-order valence-electron chi connectivity index (χ3n) is 3.19. The molecule has 1 fully saturated rings. The van der Waals surface area contributed by atoms with Crippen molar-refractivity contribution >= 4 is 23.3 Å². The van der Waals surface area contributed by atoms with Gasteiger partial charge in [-0.15, -0.1) is 11.3 Å². The second kappa shape index (κ2) is 5.47. The maximum Gasteiger partial charge on any atom is 0.244 e. The number of carbonyl (C=O) groups is 1. The van der Waals surface area contributed by atoms with E-state index in [2.05, 4.69) is 5.32 Å². The van der Waals surface area contributed by atoms with Gasteiger partial charge in [-0.25, -0.2) is 0 Å². The van der Waals surface area contributed by atoms with Gasteiger partial charge in [-0.1, -0.05) is 18.9 Å². The van der Waals surface area contributed by atoms with Crippen molar-refractivity contribution in [1.29, 1.82) is 0 Å². The molecule has 4 heteroatoms. The molecule has 0 spiro atoms. The fraction of sp³-hybridized carbons (Fsp3) is 0.462. The highest BCUT2D eigenvalue weighted by atomic mass is 32.1. The Labute approximate surface area is 105 Å². The van der Waals surface area contributed by atoms with E-state index in [1.165, 1.54) is 0 Å². The van der Waals surface area contributed by atoms with E-state index in [9.17, 15) is 9.90 Å². The van der Waals surface area contributed by atoms with Crippen molar-refractivity contribution in [2.45, 2.75) is 31.2 Å². The molecule has 0 atom stereocenters. The van der Waals surface area contributed by atoms with Crippen LogP contribution in [0.1, 0.15) is 30.6 Å². The summed E-state index contributed by atoms with van der Waals surface area (Å²) in [6.07, 6.45) is 7.26. The van der Waals surface area contributed by atoms with E-state index in [4.69, 9.17) is 0 Å². The Morgan fingerprint density at radius 1 is 1.53 bits per heavy atom. The maximum atomic E-state index is 11.8. The van der Waals surface area contributed by atoms with Crippen molar-refractivity contribution in [3.8, 4) is 0 Å². The molecule has 1 aromatic heterocycles. The summed E-state index contributed by atoms with van der Waals surface area (Å²) in [6, 6.07) is 3.92. The standard InChI is InChI=1S/C13H17NO2S/c15-10-13(7-1-2-8-13)14-12(16)6-5-11-4-3-9-17-11/h3-6,9,15H,1-2,7-8,10H2,(H,14,16). The van der Waals surface area contributed by atoms with Crippen molar-refractivity contribution in [2.75, 3.05) is 6.61 Å². The second-order valence-corrected chi connectivity index (χ2v) is 5.46. The van der Waals surface area contributed by atoms with Gasteiger partial charge in [0.2, 0.25) is 5.91 Å². The molecule has 1 saturated carbocycles. The first-order chi connectivity index (χ1) is 8.24. The number of hydrogen-bond acceptors (Lipinski definition) is 3. The lowest BCUT2D eigenvalue weighted by atomic mass is 9.99. The van der Waals surface area contributed by atoms with Gasteiger partial charge in [0.1, 0.15) is 0 Å². The summed E-state index contributed by atoms with van der Waals surface area (Å²) in [7, 11) is 0. The molecule has 0 bridgehead atoms. The fourth-order valence-corrected chi connectivity index (χ4v) is 2.84. The van der Waals surface area contributed by atoms with Gasteiger partial charge in [0, 0.05) is 11.0 Å². The molecule has 0 radical (unpaired) electrons. The SMILES string of the molecule is O=C(C=Cc1cccs1)NC1(CO)CCCC1. The minimum Gasteiger partial charge on any atom is -0.394 e. The van der Waals surface area contributed by atoms with Gasteiger partial charge in [0.15, 0.2) is 0 Å². The van der Waals surface area contributed by atoms with Gasteiger partial charge < -0.3 is 10.4 Å². The van der Waals surface area contributed by atoms with Crippen LogP contribution in [0.4, 0.5) is 0 Å². The van der Waals surface area contributed by atoms with E-state index in [0.717, 1.165) is 30.6 Å². The van der Waals surface area contributed by atoms with Crippen LogP contribution in [-0.2, 0) is 4.79 Å². The van der Waals surface area contributed by atoms with Gasteiger partial charge in [-0.2, -0.15) is 0 Å². The summed E-state index contributed by atoms with van der Waals surface area (Å²) in [6.45, 7) is 0.0333. The van der Waals surface area contributed by atoms with Crippen molar-refractivity contribution in [3.63, 3.8) is 0 Å². The average molecular weight is 251 g/mol. The topological polar surface area (TPSA) is 49.3 Å². The third kappa shape index (κ3) is 3.17. The van der Waals surface area contributed by atoms with Gasteiger partial charge in [0.25, 0.3) is 0 Å². The summed E-state index contributed by atoms with van der Waals surface area (Å²) in [5.41, 5.74) is -0.378. The molecule has 1 aromatic rings. The lowest BCUT2D eigenvalue weighted by Gasteiger charge is -2.27. The summed E-state index contributed by atoms with van der Waals surface area (Å²) in [5, 5.41) is 14.3. The number of aliphatic hydroxyl groups excluding tert-OH is 1. The summed E-state index contributed by atoms with van der Waals surface area (Å²) < 4.78 is 0. The molecule has 0 unspecified atom stereocenters. The highest BCUT2D eigenvalue weighted by Gasteiger charge is 2.33. The summed E-state index contributed by atoms with van der Waals surface area (Å²) >= 11 is 1.60. The number of aliphatic hydroxyl groups is 1. The van der Waals surface area contributed by atoms with Crippen molar-refractivity contribution in [3.05, 3.63) is 28.5 Å². The molecule has 1 amide bonds. The minimum atomic E-state index is -0.378. The van der Waals surface area contributed by atoms with E-state index in [-0.39, 0.29) is 18.1 Å². The van der Waals surface area contributed by atoms with Gasteiger partial charge >= 0.3 is 0 Å². The maximum absolute atomic E-state index is 11.8. The van der Waals surface area contributed by atoms with Crippen LogP contribution in [0.15, 0.2) is 23.6 Å². The Morgan fingerprint density at radius 2 is 2.29 bits per heavy atom. The van der Waals surface area contributed by atoms with Crippen LogP contribution in [0, 0.1) is 0 Å². The number of amides is 1. The fourth-order valence-electron chi connectivity index (χ4n) is 2.22. The summed E-state index contributed by atoms with van der Waals surface area (Å²) in [5.74, 6) is -0.116. The van der Waals surface area contributed by atoms with E-state index < -0.39 is 0 Å². The molecule has 2 N–H and O–H groups in total. The predicted octanol–water partition coefficient (Wildman–Crippen LogP) is 2.18. The van der Waals surface area contributed by atoms with E-state index in [1.54, 1.807) is 23.5 Å². The molecule has 1 heterocycles. The van der Waals surface area contributed by atoms with Gasteiger partial charge in [0.05, 0.1) is 12.1 Å². The van der Waals surface area contributed by atoms with Crippen molar-refractivity contribution in [2.24, 2.45) is 0 Å². The van der Waals surface area contributed by atoms with Gasteiger partial charge in [-0.3, -0.25) is 4.79 Å². The van der Waals surface area contributed by atoms with Crippen LogP contribution in [-0.4, -0.2) is 23.2 Å². The van der Waals surface area contributed by atoms with Crippen LogP contribution in [0.3, 0.4) is 0 Å². The van der Waals surface area contributed by atoms with E-state index in [1.807, 2.05) is 17.5 Å². The molecule has 0 saturated heterocycles. The number of rotatable bonds is 4. The molecule has 1 aliphatic rings. The Balaban J connectivity index is 1.92. The van der Waals surface area contributed by atoms with Crippen molar-refractivity contribution < 1.29 is 9.90 Å². The zero-order valence-corrected chi connectivity index (χ0v) is 10.5. The normalized spacial score (nSPS) is 18.6. The molecule has 17 heavy (non-hydrogen) atoms. The third-order valence-corrected chi connectivity index (χ3v) is 4.03. The van der Waals surface area contributed by atoms with E-state index in [0.29, 0.717) is 0 Å². The van der Waals surface area contributed by atoms with Gasteiger partial charge in [-0.05, 0) is 30.4 Å². The van der Waals surface area contributed by atoms with Crippen molar-refractivity contribution in [1.82, 2.24) is 5.32 Å². The quantitative estimate of drug-likeness (QED) is 0.806. The van der Waals surface area contributed by atoms with E-state index >= 15 is 0 Å². The molecular formula is C13H17NO2S. The highest BCUT2D eigenvalue weighted by molar-refractivity contribution is 7.10. The number of hydrogen-bond donors (Lipinski definition) is 2.